The molecule has 0 bridgehead atoms. The normalized spacial score (nSPS) is 17.0. The van der Waals surface area contributed by atoms with Gasteiger partial charge in [-0.3, -0.25) is 4.79 Å². The lowest BCUT2D eigenvalue weighted by Gasteiger charge is -2.27. The van der Waals surface area contributed by atoms with Crippen LogP contribution in [0.4, 0.5) is 0 Å². The van der Waals surface area contributed by atoms with Gasteiger partial charge in [0.2, 0.25) is 5.91 Å². The number of amides is 1. The van der Waals surface area contributed by atoms with E-state index >= 15 is 0 Å². The number of methoxy groups -OCH3 is 1. The van der Waals surface area contributed by atoms with Gasteiger partial charge >= 0.3 is 0 Å². The molecule has 1 atom stereocenters. The number of ether oxygens (including phenoxy) is 2. The predicted molar refractivity (Wildman–Crippen MR) is 81.5 cm³/mol. The van der Waals surface area contributed by atoms with Gasteiger partial charge in [0.1, 0.15) is 11.5 Å². The lowest BCUT2D eigenvalue weighted by Crippen LogP contribution is -2.54. The molecule has 0 aromatic heterocycles. The molecule has 1 aromatic carbocycles. The fraction of sp³-hybridized carbons (Fsp3) is 0.562. The van der Waals surface area contributed by atoms with E-state index in [0.29, 0.717) is 19.1 Å². The topological polar surface area (TPSA) is 73.6 Å². The van der Waals surface area contributed by atoms with Crippen molar-refractivity contribution in [1.29, 1.82) is 0 Å². The number of nitrogens with two attached hydrogens (primary N) is 1. The van der Waals surface area contributed by atoms with Gasteiger partial charge < -0.3 is 20.5 Å². The second-order valence-electron chi connectivity index (χ2n) is 5.75. The Balaban J connectivity index is 1.77. The molecule has 1 saturated carbocycles. The zero-order chi connectivity index (χ0) is 15.3. The summed E-state index contributed by atoms with van der Waals surface area (Å²) in [7, 11) is 1.63. The molecule has 1 aliphatic carbocycles. The van der Waals surface area contributed by atoms with Crippen molar-refractivity contribution < 1.29 is 14.3 Å². The van der Waals surface area contributed by atoms with Gasteiger partial charge in [0.15, 0.2) is 0 Å². The van der Waals surface area contributed by atoms with E-state index in [0.717, 1.165) is 30.8 Å². The average Bonchev–Trinajstić information content (AvgIpc) is 3.27. The molecule has 0 spiro atoms. The van der Waals surface area contributed by atoms with Crippen molar-refractivity contribution in [2.75, 3.05) is 13.7 Å². The third-order valence-electron chi connectivity index (χ3n) is 3.77. The largest absolute Gasteiger partial charge is 0.497 e. The number of primary amides is 1. The van der Waals surface area contributed by atoms with Crippen LogP contribution in [0.15, 0.2) is 24.3 Å². The minimum atomic E-state index is -0.640. The molecule has 1 amide bonds. The Morgan fingerprint density at radius 2 is 2.14 bits per heavy atom. The first-order chi connectivity index (χ1) is 10.0. The van der Waals surface area contributed by atoms with Gasteiger partial charge in [-0.05, 0) is 44.7 Å². The van der Waals surface area contributed by atoms with Crippen molar-refractivity contribution in [1.82, 2.24) is 5.32 Å². The first kappa shape index (κ1) is 15.6. The quantitative estimate of drug-likeness (QED) is 0.681. The number of rotatable bonds is 9. The Kier molecular flexibility index (Phi) is 5.07. The highest BCUT2D eigenvalue weighted by Crippen LogP contribution is 2.25. The maximum Gasteiger partial charge on any atom is 0.237 e. The molecule has 21 heavy (non-hydrogen) atoms. The highest BCUT2D eigenvalue weighted by Gasteiger charge is 2.36. The summed E-state index contributed by atoms with van der Waals surface area (Å²) in [6.07, 6.45) is 3.69. The molecule has 0 heterocycles. The van der Waals surface area contributed by atoms with E-state index < -0.39 is 5.54 Å². The monoisotopic (exact) mass is 292 g/mol. The zero-order valence-electron chi connectivity index (χ0n) is 12.7. The second-order valence-corrected chi connectivity index (χ2v) is 5.75. The smallest absolute Gasteiger partial charge is 0.237 e. The summed E-state index contributed by atoms with van der Waals surface area (Å²) < 4.78 is 10.8. The molecular formula is C16H24N2O3. The number of hydrogen-bond acceptors (Lipinski definition) is 4. The van der Waals surface area contributed by atoms with Gasteiger partial charge in [0.05, 0.1) is 19.3 Å². The summed E-state index contributed by atoms with van der Waals surface area (Å²) in [6.45, 7) is 2.42. The van der Waals surface area contributed by atoms with E-state index in [4.69, 9.17) is 15.2 Å². The fourth-order valence-corrected chi connectivity index (χ4v) is 2.25. The maximum absolute atomic E-state index is 11.6. The minimum Gasteiger partial charge on any atom is -0.497 e. The molecule has 2 rings (SSSR count). The first-order valence-corrected chi connectivity index (χ1v) is 7.38. The Hall–Kier alpha value is -1.75. The molecule has 116 valence electrons. The van der Waals surface area contributed by atoms with Crippen LogP contribution >= 0.6 is 0 Å². The van der Waals surface area contributed by atoms with Crippen LogP contribution in [0.5, 0.6) is 11.5 Å². The van der Waals surface area contributed by atoms with E-state index in [1.165, 1.54) is 0 Å². The van der Waals surface area contributed by atoms with Crippen molar-refractivity contribution in [2.24, 2.45) is 5.73 Å². The number of benzene rings is 1. The number of carbonyl (C=O) groups excluding carboxylic acids is 1. The molecule has 1 unspecified atom stereocenters. The van der Waals surface area contributed by atoms with Crippen LogP contribution in [0.3, 0.4) is 0 Å². The summed E-state index contributed by atoms with van der Waals surface area (Å²) in [6, 6.07) is 7.93. The summed E-state index contributed by atoms with van der Waals surface area (Å²) in [4.78, 5) is 11.6. The summed E-state index contributed by atoms with van der Waals surface area (Å²) in [5.74, 6) is 1.24. The number of nitrogens with one attached hydrogen (secondary N) is 1. The van der Waals surface area contributed by atoms with Crippen LogP contribution in [-0.2, 0) is 4.79 Å². The molecule has 3 N–H and O–H groups in total. The van der Waals surface area contributed by atoms with E-state index in [9.17, 15) is 4.79 Å². The van der Waals surface area contributed by atoms with Crippen LogP contribution in [0, 0.1) is 0 Å². The Morgan fingerprint density at radius 3 is 2.76 bits per heavy atom. The number of carbonyl (C=O) groups is 1. The van der Waals surface area contributed by atoms with Crippen molar-refractivity contribution >= 4 is 5.91 Å². The summed E-state index contributed by atoms with van der Waals surface area (Å²) in [5, 5.41) is 3.33. The standard InChI is InChI=1S/C16H24N2O3/c1-16(15(17)19,18-12-7-8-12)9-4-10-21-14-6-3-5-13(11-14)20-2/h3,5-6,11-12,18H,4,7-10H2,1-2H3,(H2,17,19). The molecule has 0 saturated heterocycles. The van der Waals surface area contributed by atoms with Crippen LogP contribution in [0.2, 0.25) is 0 Å². The van der Waals surface area contributed by atoms with E-state index in [2.05, 4.69) is 5.32 Å². The Bertz CT molecular complexity index is 488. The Morgan fingerprint density at radius 1 is 1.43 bits per heavy atom. The molecule has 0 aliphatic heterocycles. The van der Waals surface area contributed by atoms with Gasteiger partial charge in [-0.2, -0.15) is 0 Å². The highest BCUT2D eigenvalue weighted by atomic mass is 16.5. The van der Waals surface area contributed by atoms with Crippen LogP contribution in [-0.4, -0.2) is 31.2 Å². The molecule has 1 aromatic rings. The third-order valence-corrected chi connectivity index (χ3v) is 3.77. The molecule has 1 aliphatic rings. The first-order valence-electron chi connectivity index (χ1n) is 7.38. The van der Waals surface area contributed by atoms with Gasteiger partial charge in [-0.25, -0.2) is 0 Å². The van der Waals surface area contributed by atoms with Gasteiger partial charge in [-0.15, -0.1) is 0 Å². The van der Waals surface area contributed by atoms with Crippen LogP contribution in [0.1, 0.15) is 32.6 Å². The second kappa shape index (κ2) is 6.80. The lowest BCUT2D eigenvalue weighted by molar-refractivity contribution is -0.124. The van der Waals surface area contributed by atoms with E-state index in [-0.39, 0.29) is 5.91 Å². The minimum absolute atomic E-state index is 0.296. The van der Waals surface area contributed by atoms with E-state index in [1.54, 1.807) is 7.11 Å². The molecule has 0 radical (unpaired) electrons. The van der Waals surface area contributed by atoms with Crippen molar-refractivity contribution in [3.8, 4) is 11.5 Å². The molecule has 5 nitrogen and oxygen atoms in total. The summed E-state index contributed by atoms with van der Waals surface area (Å²) >= 11 is 0. The zero-order valence-corrected chi connectivity index (χ0v) is 12.7. The lowest BCUT2D eigenvalue weighted by atomic mass is 9.95. The van der Waals surface area contributed by atoms with Gasteiger partial charge in [-0.1, -0.05) is 6.07 Å². The van der Waals surface area contributed by atoms with Crippen LogP contribution < -0.4 is 20.5 Å². The van der Waals surface area contributed by atoms with Gasteiger partial charge in [0.25, 0.3) is 0 Å². The average molecular weight is 292 g/mol. The SMILES string of the molecule is COc1cccc(OCCCC(C)(NC2CC2)C(N)=O)c1. The van der Waals surface area contributed by atoms with Crippen molar-refractivity contribution in [2.45, 2.75) is 44.2 Å². The Labute approximate surface area is 125 Å². The van der Waals surface area contributed by atoms with Crippen LogP contribution in [0.25, 0.3) is 0 Å². The van der Waals surface area contributed by atoms with Crippen molar-refractivity contribution in [3.63, 3.8) is 0 Å². The molecule has 5 heteroatoms. The van der Waals surface area contributed by atoms with Crippen molar-refractivity contribution in [3.05, 3.63) is 24.3 Å². The number of hydrogen-bond donors (Lipinski definition) is 2. The molecular weight excluding hydrogens is 268 g/mol. The highest BCUT2D eigenvalue weighted by molar-refractivity contribution is 5.84. The van der Waals surface area contributed by atoms with Gasteiger partial charge in [0, 0.05) is 12.1 Å². The fourth-order valence-electron chi connectivity index (χ4n) is 2.25. The maximum atomic E-state index is 11.6. The third kappa shape index (κ3) is 4.63. The summed E-state index contributed by atoms with van der Waals surface area (Å²) in [5.41, 5.74) is 4.88. The predicted octanol–water partition coefficient (Wildman–Crippen LogP) is 1.85. The molecule has 1 fully saturated rings. The van der Waals surface area contributed by atoms with E-state index in [1.807, 2.05) is 31.2 Å².